The largest absolute Gasteiger partial charge is 0.381 e. The Hall–Kier alpha value is -2.81. The number of pyridine rings is 1. The summed E-state index contributed by atoms with van der Waals surface area (Å²) >= 11 is 6.13. The lowest BCUT2D eigenvalue weighted by molar-refractivity contribution is 0.0638. The zero-order chi connectivity index (χ0) is 23.6. The number of morpholine rings is 1. The summed E-state index contributed by atoms with van der Waals surface area (Å²) in [5.41, 5.74) is 4.76. The highest BCUT2D eigenvalue weighted by atomic mass is 35.5. The molecule has 2 saturated heterocycles. The number of ether oxygens (including phenoxy) is 2. The lowest BCUT2D eigenvalue weighted by Crippen LogP contribution is -2.36. The summed E-state index contributed by atoms with van der Waals surface area (Å²) in [5, 5.41) is 15.9. The molecule has 3 aromatic heterocycles. The van der Waals surface area contributed by atoms with Crippen molar-refractivity contribution in [2.75, 3.05) is 44.4 Å². The van der Waals surface area contributed by atoms with E-state index in [0.717, 1.165) is 110 Å². The maximum Gasteiger partial charge on any atom is 0.204 e. The second kappa shape index (κ2) is 10.0. The number of aryl methyl sites for hydroxylation is 1. The second-order valence-electron chi connectivity index (χ2n) is 9.39. The molecule has 0 N–H and O–H groups in total. The SMILES string of the molecule is Clc1ccc(Cc2nn3c(CCC4CCOCC4)nnc3c3ncc(N4CCOCC4)cc23)cc1. The van der Waals surface area contributed by atoms with E-state index < -0.39 is 0 Å². The smallest absolute Gasteiger partial charge is 0.204 e. The number of nitrogens with zero attached hydrogens (tertiary/aromatic N) is 6. The summed E-state index contributed by atoms with van der Waals surface area (Å²) in [6, 6.07) is 10.2. The van der Waals surface area contributed by atoms with Crippen molar-refractivity contribution >= 4 is 33.8 Å². The van der Waals surface area contributed by atoms with Crippen LogP contribution >= 0.6 is 11.6 Å². The van der Waals surface area contributed by atoms with Gasteiger partial charge in [0, 0.05) is 49.6 Å². The van der Waals surface area contributed by atoms with Gasteiger partial charge in [0.15, 0.2) is 5.82 Å². The topological polar surface area (TPSA) is 77.7 Å². The van der Waals surface area contributed by atoms with Crippen LogP contribution in [-0.4, -0.2) is 64.3 Å². The van der Waals surface area contributed by atoms with Gasteiger partial charge in [-0.15, -0.1) is 10.2 Å². The minimum atomic E-state index is 0.666. The molecule has 0 radical (unpaired) electrons. The molecule has 8 nitrogen and oxygen atoms in total. The fourth-order valence-corrected chi connectivity index (χ4v) is 5.16. The van der Waals surface area contributed by atoms with Gasteiger partial charge in [-0.3, -0.25) is 0 Å². The van der Waals surface area contributed by atoms with Crippen molar-refractivity contribution in [1.29, 1.82) is 0 Å². The standard InChI is InChI=1S/C26H29ClN6O2/c27-20-4-1-19(2-5-20)15-23-22-16-21(32-9-13-35-14-10-32)17-28-25(22)26-30-29-24(33(26)31-23)6-3-18-7-11-34-12-8-18/h1-2,4-5,16-18H,3,6-15H2. The van der Waals surface area contributed by atoms with Gasteiger partial charge >= 0.3 is 0 Å². The molecule has 2 fully saturated rings. The third-order valence-electron chi connectivity index (χ3n) is 7.10. The van der Waals surface area contributed by atoms with Gasteiger partial charge in [0.2, 0.25) is 5.65 Å². The van der Waals surface area contributed by atoms with Crippen LogP contribution in [0.15, 0.2) is 36.5 Å². The molecule has 0 unspecified atom stereocenters. The molecule has 0 saturated carbocycles. The molecule has 182 valence electrons. The van der Waals surface area contributed by atoms with Gasteiger partial charge in [0.1, 0.15) is 5.52 Å². The van der Waals surface area contributed by atoms with Crippen LogP contribution < -0.4 is 4.90 Å². The molecule has 6 rings (SSSR count). The summed E-state index contributed by atoms with van der Waals surface area (Å²) in [4.78, 5) is 7.20. The molecule has 4 aromatic rings. The van der Waals surface area contributed by atoms with Crippen molar-refractivity contribution in [2.24, 2.45) is 5.92 Å². The number of benzene rings is 1. The second-order valence-corrected chi connectivity index (χ2v) is 9.82. The average Bonchev–Trinajstić information content (AvgIpc) is 3.32. The van der Waals surface area contributed by atoms with E-state index in [-0.39, 0.29) is 0 Å². The van der Waals surface area contributed by atoms with Gasteiger partial charge in [0.25, 0.3) is 0 Å². The summed E-state index contributed by atoms with van der Waals surface area (Å²) in [7, 11) is 0. The van der Waals surface area contributed by atoms with Crippen molar-refractivity contribution in [1.82, 2.24) is 24.8 Å². The van der Waals surface area contributed by atoms with Crippen molar-refractivity contribution in [3.8, 4) is 0 Å². The molecular formula is C26H29ClN6O2. The van der Waals surface area contributed by atoms with Crippen molar-refractivity contribution in [3.63, 3.8) is 0 Å². The highest BCUT2D eigenvalue weighted by Gasteiger charge is 2.20. The predicted molar refractivity (Wildman–Crippen MR) is 135 cm³/mol. The third kappa shape index (κ3) is 4.83. The molecule has 5 heterocycles. The van der Waals surface area contributed by atoms with Crippen LogP contribution in [0.1, 0.15) is 36.3 Å². The molecule has 0 spiro atoms. The van der Waals surface area contributed by atoms with E-state index in [2.05, 4.69) is 33.3 Å². The number of hydrogen-bond acceptors (Lipinski definition) is 7. The molecule has 1 aromatic carbocycles. The van der Waals surface area contributed by atoms with Crippen molar-refractivity contribution in [3.05, 3.63) is 58.6 Å². The molecule has 0 amide bonds. The zero-order valence-electron chi connectivity index (χ0n) is 19.7. The van der Waals surface area contributed by atoms with Gasteiger partial charge in [0.05, 0.1) is 30.8 Å². The van der Waals surface area contributed by atoms with Crippen LogP contribution in [-0.2, 0) is 22.3 Å². The van der Waals surface area contributed by atoms with E-state index in [1.165, 1.54) is 0 Å². The molecule has 0 atom stereocenters. The van der Waals surface area contributed by atoms with Gasteiger partial charge in [-0.05, 0) is 48.9 Å². The third-order valence-corrected chi connectivity index (χ3v) is 7.35. The first-order valence-corrected chi connectivity index (χ1v) is 12.8. The van der Waals surface area contributed by atoms with Crippen molar-refractivity contribution in [2.45, 2.75) is 32.1 Å². The Bertz CT molecular complexity index is 1310. The Morgan fingerprint density at radius 1 is 0.971 bits per heavy atom. The van der Waals surface area contributed by atoms with E-state index in [1.54, 1.807) is 0 Å². The van der Waals surface area contributed by atoms with Crippen molar-refractivity contribution < 1.29 is 9.47 Å². The number of rotatable bonds is 6. The molecule has 2 aliphatic rings. The Balaban J connectivity index is 1.40. The first kappa shape index (κ1) is 22.6. The number of halogens is 1. The fraction of sp³-hybridized carbons (Fsp3) is 0.462. The molecule has 0 bridgehead atoms. The molecule has 9 heteroatoms. The minimum absolute atomic E-state index is 0.666. The maximum atomic E-state index is 6.13. The normalized spacial score (nSPS) is 17.5. The van der Waals surface area contributed by atoms with E-state index in [4.69, 9.17) is 31.2 Å². The fourth-order valence-electron chi connectivity index (χ4n) is 5.04. The average molecular weight is 493 g/mol. The van der Waals surface area contributed by atoms with Gasteiger partial charge < -0.3 is 14.4 Å². The quantitative estimate of drug-likeness (QED) is 0.400. The Kier molecular flexibility index (Phi) is 6.50. The highest BCUT2D eigenvalue weighted by molar-refractivity contribution is 6.30. The zero-order valence-corrected chi connectivity index (χ0v) is 20.5. The summed E-state index contributed by atoms with van der Waals surface area (Å²) < 4.78 is 13.0. The van der Waals surface area contributed by atoms with E-state index in [1.807, 2.05) is 22.8 Å². The van der Waals surface area contributed by atoms with Crippen LogP contribution in [0.4, 0.5) is 5.69 Å². The molecule has 0 aliphatic carbocycles. The van der Waals surface area contributed by atoms with Crippen LogP contribution in [0.2, 0.25) is 5.02 Å². The predicted octanol–water partition coefficient (Wildman–Crippen LogP) is 4.11. The Labute approximate surface area is 209 Å². The summed E-state index contributed by atoms with van der Waals surface area (Å²) in [5.74, 6) is 1.56. The first-order valence-electron chi connectivity index (χ1n) is 12.4. The highest BCUT2D eigenvalue weighted by Crippen LogP contribution is 2.28. The lowest BCUT2D eigenvalue weighted by atomic mass is 9.95. The first-order chi connectivity index (χ1) is 17.2. The van der Waals surface area contributed by atoms with Crippen LogP contribution in [0.25, 0.3) is 16.6 Å². The number of hydrogen-bond donors (Lipinski definition) is 0. The minimum Gasteiger partial charge on any atom is -0.381 e. The molecule has 2 aliphatic heterocycles. The molecule has 35 heavy (non-hydrogen) atoms. The number of aromatic nitrogens is 5. The summed E-state index contributed by atoms with van der Waals surface area (Å²) in [6.45, 7) is 4.89. The number of anilines is 1. The van der Waals surface area contributed by atoms with Crippen LogP contribution in [0.3, 0.4) is 0 Å². The van der Waals surface area contributed by atoms with Gasteiger partial charge in [-0.1, -0.05) is 23.7 Å². The Morgan fingerprint density at radius 2 is 1.74 bits per heavy atom. The maximum absolute atomic E-state index is 6.13. The lowest BCUT2D eigenvalue weighted by Gasteiger charge is -2.28. The van der Waals surface area contributed by atoms with Gasteiger partial charge in [-0.25, -0.2) is 4.98 Å². The van der Waals surface area contributed by atoms with Crippen LogP contribution in [0.5, 0.6) is 0 Å². The Morgan fingerprint density at radius 3 is 2.54 bits per heavy atom. The van der Waals surface area contributed by atoms with E-state index >= 15 is 0 Å². The molecular weight excluding hydrogens is 464 g/mol. The monoisotopic (exact) mass is 492 g/mol. The number of fused-ring (bicyclic) bond motifs is 3. The van der Waals surface area contributed by atoms with Crippen LogP contribution in [0, 0.1) is 5.92 Å². The van der Waals surface area contributed by atoms with E-state index in [0.29, 0.717) is 12.3 Å². The van der Waals surface area contributed by atoms with Gasteiger partial charge in [-0.2, -0.15) is 9.61 Å². The summed E-state index contributed by atoms with van der Waals surface area (Å²) in [6.07, 6.45) is 6.75. The van der Waals surface area contributed by atoms with E-state index in [9.17, 15) is 0 Å².